The van der Waals surface area contributed by atoms with Crippen LogP contribution in [0.4, 0.5) is 9.18 Å². The van der Waals surface area contributed by atoms with E-state index in [1.165, 1.54) is 6.92 Å². The molecular weight excluding hydrogens is 315 g/mol. The van der Waals surface area contributed by atoms with Crippen LogP contribution in [0.15, 0.2) is 23.1 Å². The van der Waals surface area contributed by atoms with E-state index in [0.717, 1.165) is 12.1 Å². The Bertz CT molecular complexity index is 649. The van der Waals surface area contributed by atoms with Crippen molar-refractivity contribution in [2.24, 2.45) is 5.73 Å². The normalized spacial score (nSPS) is 12.6. The lowest BCUT2D eigenvalue weighted by molar-refractivity contribution is -0.126. The lowest BCUT2D eigenvalue weighted by Gasteiger charge is -2.15. The van der Waals surface area contributed by atoms with E-state index in [0.29, 0.717) is 6.07 Å². The van der Waals surface area contributed by atoms with E-state index in [2.05, 4.69) is 0 Å². The third kappa shape index (κ3) is 4.35. The molecule has 1 unspecified atom stereocenters. The van der Waals surface area contributed by atoms with Crippen LogP contribution in [0.1, 0.15) is 6.92 Å². The number of benzene rings is 1. The molecule has 0 saturated carbocycles. The number of hydrogen-bond donors (Lipinski definition) is 2. The number of rotatable bonds is 4. The highest BCUT2D eigenvalue weighted by molar-refractivity contribution is 8.13. The summed E-state index contributed by atoms with van der Waals surface area (Å²) in [5.41, 5.74) is 4.75. The third-order valence-corrected chi connectivity index (χ3v) is 3.43. The molecule has 0 heterocycles. The van der Waals surface area contributed by atoms with Crippen molar-refractivity contribution in [3.63, 3.8) is 0 Å². The molecule has 0 aliphatic heterocycles. The van der Waals surface area contributed by atoms with Crippen molar-refractivity contribution in [3.8, 4) is 5.75 Å². The van der Waals surface area contributed by atoms with Gasteiger partial charge in [-0.05, 0) is 25.1 Å². The second kappa shape index (κ2) is 6.06. The highest BCUT2D eigenvalue weighted by Crippen LogP contribution is 2.28. The number of carbonyl (C=O) groups excluding carboxylic acids is 2. The highest BCUT2D eigenvalue weighted by atomic mass is 35.7. The van der Waals surface area contributed by atoms with Gasteiger partial charge in [0, 0.05) is 10.7 Å². The zero-order chi connectivity index (χ0) is 15.5. The van der Waals surface area contributed by atoms with Crippen LogP contribution in [-0.4, -0.2) is 26.5 Å². The Balaban J connectivity index is 3.04. The molecule has 3 N–H and O–H groups in total. The first-order valence-corrected chi connectivity index (χ1v) is 7.43. The van der Waals surface area contributed by atoms with Gasteiger partial charge in [-0.25, -0.2) is 17.6 Å². The van der Waals surface area contributed by atoms with Crippen LogP contribution in [0, 0.1) is 5.82 Å². The van der Waals surface area contributed by atoms with E-state index in [1.54, 1.807) is 5.32 Å². The number of ether oxygens (including phenoxy) is 1. The molecule has 1 rings (SSSR count). The number of primary amides is 1. The first-order chi connectivity index (χ1) is 9.11. The third-order valence-electron chi connectivity index (χ3n) is 2.09. The molecule has 0 radical (unpaired) electrons. The SMILES string of the molecule is CC(Oc1ccc(F)cc1S(=O)(=O)Cl)C(=O)NC(N)=O. The zero-order valence-corrected chi connectivity index (χ0v) is 11.7. The van der Waals surface area contributed by atoms with Crippen LogP contribution in [0.2, 0.25) is 0 Å². The van der Waals surface area contributed by atoms with Crippen LogP contribution in [-0.2, 0) is 13.8 Å². The Labute approximate surface area is 118 Å². The zero-order valence-electron chi connectivity index (χ0n) is 10.1. The van der Waals surface area contributed by atoms with E-state index in [-0.39, 0.29) is 5.75 Å². The predicted molar refractivity (Wildman–Crippen MR) is 67.3 cm³/mol. The summed E-state index contributed by atoms with van der Waals surface area (Å²) in [5.74, 6) is -2.06. The molecule has 0 spiro atoms. The summed E-state index contributed by atoms with van der Waals surface area (Å²) in [6.45, 7) is 1.24. The Kier molecular flexibility index (Phi) is 4.90. The molecule has 0 aromatic heterocycles. The molecular formula is C10H10ClFN2O5S. The molecule has 0 bridgehead atoms. The van der Waals surface area contributed by atoms with Gasteiger partial charge in [-0.2, -0.15) is 0 Å². The lowest BCUT2D eigenvalue weighted by Crippen LogP contribution is -2.42. The number of nitrogens with two attached hydrogens (primary N) is 1. The summed E-state index contributed by atoms with van der Waals surface area (Å²) in [7, 11) is 0.867. The van der Waals surface area contributed by atoms with Gasteiger partial charge in [-0.1, -0.05) is 0 Å². The molecule has 1 aromatic carbocycles. The minimum atomic E-state index is -4.27. The minimum absolute atomic E-state index is 0.325. The fourth-order valence-corrected chi connectivity index (χ4v) is 2.21. The standard InChI is InChI=1S/C10H10ClFN2O5S/c1-5(9(15)14-10(13)16)19-7-3-2-6(12)4-8(7)20(11,17)18/h2-5H,1H3,(H3,13,14,15,16). The molecule has 0 aliphatic carbocycles. The van der Waals surface area contributed by atoms with Gasteiger partial charge >= 0.3 is 6.03 Å². The van der Waals surface area contributed by atoms with Gasteiger partial charge in [0.05, 0.1) is 0 Å². The first kappa shape index (κ1) is 16.2. The molecule has 1 aromatic rings. The fraction of sp³-hybridized carbons (Fsp3) is 0.200. The number of amides is 3. The number of nitrogens with one attached hydrogen (secondary N) is 1. The second-order valence-electron chi connectivity index (χ2n) is 3.64. The van der Waals surface area contributed by atoms with Gasteiger partial charge in [-0.15, -0.1) is 0 Å². The number of urea groups is 1. The summed E-state index contributed by atoms with van der Waals surface area (Å²) in [5, 5.41) is 1.75. The molecule has 0 saturated heterocycles. The predicted octanol–water partition coefficient (Wildman–Crippen LogP) is 0.715. The summed E-state index contributed by atoms with van der Waals surface area (Å²) < 4.78 is 40.6. The number of carbonyl (C=O) groups is 2. The minimum Gasteiger partial charge on any atom is -0.479 e. The Morgan fingerprint density at radius 2 is 2.05 bits per heavy atom. The van der Waals surface area contributed by atoms with Crippen molar-refractivity contribution in [2.45, 2.75) is 17.9 Å². The van der Waals surface area contributed by atoms with Crippen LogP contribution in [0.3, 0.4) is 0 Å². The second-order valence-corrected chi connectivity index (χ2v) is 6.18. The molecule has 0 aliphatic rings. The first-order valence-electron chi connectivity index (χ1n) is 5.12. The molecule has 0 fully saturated rings. The molecule has 110 valence electrons. The number of halogens is 2. The van der Waals surface area contributed by atoms with Crippen molar-refractivity contribution < 1.29 is 27.1 Å². The fourth-order valence-electron chi connectivity index (χ4n) is 1.24. The van der Waals surface area contributed by atoms with E-state index < -0.39 is 37.8 Å². The largest absolute Gasteiger partial charge is 0.479 e. The number of imide groups is 1. The maximum atomic E-state index is 13.0. The topological polar surface area (TPSA) is 116 Å². The van der Waals surface area contributed by atoms with Crippen molar-refractivity contribution >= 4 is 31.7 Å². The quantitative estimate of drug-likeness (QED) is 0.791. The van der Waals surface area contributed by atoms with Crippen molar-refractivity contribution in [2.75, 3.05) is 0 Å². The maximum absolute atomic E-state index is 13.0. The van der Waals surface area contributed by atoms with Gasteiger partial charge in [0.1, 0.15) is 16.5 Å². The summed E-state index contributed by atoms with van der Waals surface area (Å²) in [4.78, 5) is 21.3. The van der Waals surface area contributed by atoms with E-state index in [4.69, 9.17) is 21.2 Å². The molecule has 1 atom stereocenters. The average molecular weight is 325 g/mol. The van der Waals surface area contributed by atoms with Gasteiger partial charge in [0.15, 0.2) is 6.10 Å². The van der Waals surface area contributed by atoms with Crippen LogP contribution in [0.25, 0.3) is 0 Å². The Morgan fingerprint density at radius 3 is 2.55 bits per heavy atom. The summed E-state index contributed by atoms with van der Waals surface area (Å²) in [6.07, 6.45) is -1.25. The maximum Gasteiger partial charge on any atom is 0.318 e. The molecule has 7 nitrogen and oxygen atoms in total. The van der Waals surface area contributed by atoms with E-state index in [9.17, 15) is 22.4 Å². The van der Waals surface area contributed by atoms with Gasteiger partial charge < -0.3 is 10.5 Å². The summed E-state index contributed by atoms with van der Waals surface area (Å²) in [6, 6.07) is 1.49. The van der Waals surface area contributed by atoms with Gasteiger partial charge in [0.2, 0.25) is 0 Å². The monoisotopic (exact) mass is 324 g/mol. The molecule has 3 amide bonds. The van der Waals surface area contributed by atoms with E-state index >= 15 is 0 Å². The van der Waals surface area contributed by atoms with Crippen molar-refractivity contribution in [3.05, 3.63) is 24.0 Å². The van der Waals surface area contributed by atoms with Crippen molar-refractivity contribution in [1.29, 1.82) is 0 Å². The molecule has 10 heteroatoms. The Hall–Kier alpha value is -1.87. The highest BCUT2D eigenvalue weighted by Gasteiger charge is 2.22. The Morgan fingerprint density at radius 1 is 1.45 bits per heavy atom. The van der Waals surface area contributed by atoms with Crippen LogP contribution < -0.4 is 15.8 Å². The van der Waals surface area contributed by atoms with E-state index in [1.807, 2.05) is 0 Å². The average Bonchev–Trinajstić information content (AvgIpc) is 2.29. The number of hydrogen-bond acceptors (Lipinski definition) is 5. The van der Waals surface area contributed by atoms with Crippen molar-refractivity contribution in [1.82, 2.24) is 5.32 Å². The lowest BCUT2D eigenvalue weighted by atomic mass is 10.3. The van der Waals surface area contributed by atoms with Crippen LogP contribution in [0.5, 0.6) is 5.75 Å². The van der Waals surface area contributed by atoms with Gasteiger partial charge in [-0.3, -0.25) is 10.1 Å². The van der Waals surface area contributed by atoms with Gasteiger partial charge in [0.25, 0.3) is 15.0 Å². The smallest absolute Gasteiger partial charge is 0.318 e. The van der Waals surface area contributed by atoms with Crippen LogP contribution >= 0.6 is 10.7 Å². The summed E-state index contributed by atoms with van der Waals surface area (Å²) >= 11 is 0. The molecule has 20 heavy (non-hydrogen) atoms.